The van der Waals surface area contributed by atoms with E-state index in [9.17, 15) is 9.59 Å². The van der Waals surface area contributed by atoms with Crippen molar-refractivity contribution in [2.24, 2.45) is 5.92 Å². The highest BCUT2D eigenvalue weighted by atomic mass is 16.4. The van der Waals surface area contributed by atoms with Gasteiger partial charge in [0.05, 0.1) is 5.92 Å². The molecule has 0 aliphatic carbocycles. The molecule has 0 radical (unpaired) electrons. The largest absolute Gasteiger partial charge is 0.481 e. The second-order valence-corrected chi connectivity index (χ2v) is 5.02. The topological polar surface area (TPSA) is 60.9 Å². The summed E-state index contributed by atoms with van der Waals surface area (Å²) in [7, 11) is 3.87. The third-order valence-corrected chi connectivity index (χ3v) is 3.22. The number of anilines is 1. The summed E-state index contributed by atoms with van der Waals surface area (Å²) in [6.45, 7) is 4.17. The number of rotatable bonds is 6. The van der Waals surface area contributed by atoms with E-state index in [1.165, 1.54) is 0 Å². The summed E-state index contributed by atoms with van der Waals surface area (Å²) < 4.78 is 0. The van der Waals surface area contributed by atoms with Gasteiger partial charge in [0, 0.05) is 38.4 Å². The van der Waals surface area contributed by atoms with Crippen molar-refractivity contribution in [1.82, 2.24) is 4.90 Å². The number of hydrogen-bond donors (Lipinski definition) is 1. The van der Waals surface area contributed by atoms with Crippen LogP contribution in [0.5, 0.6) is 0 Å². The molecule has 0 bridgehead atoms. The van der Waals surface area contributed by atoms with Crippen LogP contribution < -0.4 is 4.90 Å². The average molecular weight is 278 g/mol. The van der Waals surface area contributed by atoms with Crippen molar-refractivity contribution in [2.45, 2.75) is 13.8 Å². The number of carboxylic acids is 1. The maximum atomic E-state index is 12.3. The van der Waals surface area contributed by atoms with E-state index in [0.717, 1.165) is 5.69 Å². The lowest BCUT2D eigenvalue weighted by Gasteiger charge is -2.23. The lowest BCUT2D eigenvalue weighted by molar-refractivity contribution is -0.141. The van der Waals surface area contributed by atoms with Crippen molar-refractivity contribution in [3.63, 3.8) is 0 Å². The first-order valence-electron chi connectivity index (χ1n) is 6.66. The van der Waals surface area contributed by atoms with Gasteiger partial charge >= 0.3 is 5.97 Å². The number of carboxylic acid groups (broad SMARTS) is 1. The molecular weight excluding hydrogens is 256 g/mol. The minimum absolute atomic E-state index is 0.133. The summed E-state index contributed by atoms with van der Waals surface area (Å²) in [6.07, 6.45) is 0. The molecule has 5 heteroatoms. The monoisotopic (exact) mass is 278 g/mol. The Bertz CT molecular complexity index is 469. The molecule has 1 aromatic rings. The average Bonchev–Trinajstić information content (AvgIpc) is 2.43. The quantitative estimate of drug-likeness (QED) is 0.864. The predicted octanol–water partition coefficient (Wildman–Crippen LogP) is 1.94. The molecule has 0 saturated carbocycles. The summed E-state index contributed by atoms with van der Waals surface area (Å²) >= 11 is 0. The van der Waals surface area contributed by atoms with Gasteiger partial charge in [0.2, 0.25) is 0 Å². The van der Waals surface area contributed by atoms with Gasteiger partial charge in [0.15, 0.2) is 0 Å². The number of nitrogens with zero attached hydrogens (tertiary/aromatic N) is 2. The van der Waals surface area contributed by atoms with Gasteiger partial charge in [-0.1, -0.05) is 6.92 Å². The van der Waals surface area contributed by atoms with E-state index in [2.05, 4.69) is 0 Å². The second kappa shape index (κ2) is 6.93. The summed E-state index contributed by atoms with van der Waals surface area (Å²) in [5, 5.41) is 8.93. The first kappa shape index (κ1) is 16.0. The maximum absolute atomic E-state index is 12.3. The van der Waals surface area contributed by atoms with Gasteiger partial charge in [0.25, 0.3) is 5.91 Å². The van der Waals surface area contributed by atoms with Gasteiger partial charge < -0.3 is 14.9 Å². The van der Waals surface area contributed by atoms with Gasteiger partial charge in [-0.3, -0.25) is 9.59 Å². The van der Waals surface area contributed by atoms with Crippen LogP contribution in [0.1, 0.15) is 24.2 Å². The van der Waals surface area contributed by atoms with Crippen LogP contribution in [-0.2, 0) is 4.79 Å². The molecule has 0 aliphatic heterocycles. The van der Waals surface area contributed by atoms with Crippen LogP contribution >= 0.6 is 0 Å². The normalized spacial score (nSPS) is 11.8. The van der Waals surface area contributed by atoms with Crippen molar-refractivity contribution < 1.29 is 14.7 Å². The number of carbonyl (C=O) groups is 2. The minimum Gasteiger partial charge on any atom is -0.481 e. The molecule has 5 nitrogen and oxygen atoms in total. The fourth-order valence-corrected chi connectivity index (χ4v) is 1.85. The molecule has 110 valence electrons. The number of hydrogen-bond acceptors (Lipinski definition) is 3. The van der Waals surface area contributed by atoms with Gasteiger partial charge in [-0.15, -0.1) is 0 Å². The van der Waals surface area contributed by atoms with Gasteiger partial charge in [-0.25, -0.2) is 0 Å². The highest BCUT2D eigenvalue weighted by Crippen LogP contribution is 2.14. The number of carbonyl (C=O) groups excluding carboxylic acids is 1. The van der Waals surface area contributed by atoms with Crippen molar-refractivity contribution >= 4 is 17.6 Å². The zero-order valence-corrected chi connectivity index (χ0v) is 12.5. The molecule has 1 aromatic carbocycles. The molecule has 20 heavy (non-hydrogen) atoms. The fourth-order valence-electron chi connectivity index (χ4n) is 1.85. The van der Waals surface area contributed by atoms with Crippen LogP contribution in [0.4, 0.5) is 5.69 Å². The van der Waals surface area contributed by atoms with Crippen molar-refractivity contribution in [3.8, 4) is 0 Å². The highest BCUT2D eigenvalue weighted by Gasteiger charge is 2.20. The molecule has 0 heterocycles. The molecule has 1 rings (SSSR count). The molecule has 1 amide bonds. The third-order valence-electron chi connectivity index (χ3n) is 3.22. The minimum atomic E-state index is -0.890. The second-order valence-electron chi connectivity index (χ2n) is 5.02. The number of benzene rings is 1. The molecule has 0 spiro atoms. The Hall–Kier alpha value is -2.04. The zero-order valence-electron chi connectivity index (χ0n) is 12.5. The molecule has 0 fully saturated rings. The third kappa shape index (κ3) is 3.98. The Kier molecular flexibility index (Phi) is 5.55. The van der Waals surface area contributed by atoms with Crippen molar-refractivity contribution in [2.75, 3.05) is 32.1 Å². The van der Waals surface area contributed by atoms with Crippen LogP contribution in [-0.4, -0.2) is 49.1 Å². The first-order valence-corrected chi connectivity index (χ1v) is 6.66. The summed E-state index contributed by atoms with van der Waals surface area (Å²) in [5.74, 6) is -1.59. The van der Waals surface area contributed by atoms with Gasteiger partial charge in [0.1, 0.15) is 0 Å². The summed E-state index contributed by atoms with van der Waals surface area (Å²) in [5.41, 5.74) is 1.60. The van der Waals surface area contributed by atoms with Crippen LogP contribution in [0.15, 0.2) is 24.3 Å². The Morgan fingerprint density at radius 3 is 2.15 bits per heavy atom. The zero-order chi connectivity index (χ0) is 15.3. The smallest absolute Gasteiger partial charge is 0.308 e. The van der Waals surface area contributed by atoms with E-state index >= 15 is 0 Å². The fraction of sp³-hybridized carbons (Fsp3) is 0.467. The SMILES string of the molecule is CCN(CC(C)C(=O)O)C(=O)c1ccc(N(C)C)cc1. The molecule has 0 aliphatic rings. The number of amides is 1. The van der Waals surface area contributed by atoms with Crippen molar-refractivity contribution in [3.05, 3.63) is 29.8 Å². The first-order chi connectivity index (χ1) is 9.36. The highest BCUT2D eigenvalue weighted by molar-refractivity contribution is 5.94. The Balaban J connectivity index is 2.83. The molecule has 1 N–H and O–H groups in total. The summed E-state index contributed by atoms with van der Waals surface area (Å²) in [4.78, 5) is 26.7. The van der Waals surface area contributed by atoms with E-state index in [4.69, 9.17) is 5.11 Å². The predicted molar refractivity (Wildman–Crippen MR) is 79.1 cm³/mol. The lowest BCUT2D eigenvalue weighted by Crippen LogP contribution is -2.36. The van der Waals surface area contributed by atoms with Crippen molar-refractivity contribution in [1.29, 1.82) is 0 Å². The summed E-state index contributed by atoms with van der Waals surface area (Å²) in [6, 6.07) is 7.29. The Morgan fingerprint density at radius 1 is 1.20 bits per heavy atom. The van der Waals surface area contributed by atoms with Crippen LogP contribution in [0, 0.1) is 5.92 Å². The Morgan fingerprint density at radius 2 is 1.75 bits per heavy atom. The van der Waals surface area contributed by atoms with Gasteiger partial charge in [-0.05, 0) is 31.2 Å². The standard InChI is InChI=1S/C15H22N2O3/c1-5-17(10-11(2)15(19)20)14(18)12-6-8-13(9-7-12)16(3)4/h6-9,11H,5,10H2,1-4H3,(H,19,20). The van der Waals surface area contributed by atoms with E-state index in [1.54, 1.807) is 24.0 Å². The van der Waals surface area contributed by atoms with Gasteiger partial charge in [-0.2, -0.15) is 0 Å². The molecule has 1 atom stereocenters. The van der Waals surface area contributed by atoms with E-state index < -0.39 is 11.9 Å². The van der Waals surface area contributed by atoms with Crippen LogP contribution in [0.3, 0.4) is 0 Å². The lowest BCUT2D eigenvalue weighted by atomic mass is 10.1. The number of aliphatic carboxylic acids is 1. The van der Waals surface area contributed by atoms with E-state index in [0.29, 0.717) is 12.1 Å². The molecular formula is C15H22N2O3. The maximum Gasteiger partial charge on any atom is 0.308 e. The molecule has 1 unspecified atom stereocenters. The molecule has 0 aromatic heterocycles. The van der Waals surface area contributed by atoms with E-state index in [1.807, 2.05) is 38.1 Å². The van der Waals surface area contributed by atoms with Crippen LogP contribution in [0.25, 0.3) is 0 Å². The Labute approximate surface area is 119 Å². The van der Waals surface area contributed by atoms with E-state index in [-0.39, 0.29) is 12.5 Å². The molecule has 0 saturated heterocycles. The van der Waals surface area contributed by atoms with Crippen LogP contribution in [0.2, 0.25) is 0 Å².